The van der Waals surface area contributed by atoms with Crippen molar-refractivity contribution in [1.29, 1.82) is 0 Å². The van der Waals surface area contributed by atoms with Crippen LogP contribution in [0.3, 0.4) is 0 Å². The Hall–Kier alpha value is -2.25. The molecule has 2 saturated heterocycles. The number of aliphatic hydroxyl groups excluding tert-OH is 1. The van der Waals surface area contributed by atoms with E-state index >= 15 is 0 Å². The van der Waals surface area contributed by atoms with Crippen molar-refractivity contribution in [3.8, 4) is 5.69 Å². The molecular formula is C21H27FN4O2. The van der Waals surface area contributed by atoms with Crippen molar-refractivity contribution in [2.45, 2.75) is 32.2 Å². The highest BCUT2D eigenvalue weighted by Gasteiger charge is 2.40. The van der Waals surface area contributed by atoms with Crippen LogP contribution in [0.4, 0.5) is 4.39 Å². The van der Waals surface area contributed by atoms with Gasteiger partial charge in [-0.15, -0.1) is 0 Å². The Labute approximate surface area is 164 Å². The molecule has 28 heavy (non-hydrogen) atoms. The maximum atomic E-state index is 13.4. The van der Waals surface area contributed by atoms with Crippen molar-refractivity contribution < 1.29 is 14.3 Å². The molecule has 1 spiro atoms. The van der Waals surface area contributed by atoms with Gasteiger partial charge in [0.15, 0.2) is 0 Å². The highest BCUT2D eigenvalue weighted by molar-refractivity contribution is 5.77. The summed E-state index contributed by atoms with van der Waals surface area (Å²) in [6.45, 7) is 4.06. The van der Waals surface area contributed by atoms with Gasteiger partial charge in [0.2, 0.25) is 5.91 Å². The predicted octanol–water partition coefficient (Wildman–Crippen LogP) is 2.21. The molecule has 1 aromatic carbocycles. The SMILES string of the molecule is O=C1CCC2(CCN(Cc3cnn(-c4cccc(F)c4)c3)CC2)CN1CCO. The third kappa shape index (κ3) is 4.10. The Morgan fingerprint density at radius 2 is 2.04 bits per heavy atom. The van der Waals surface area contributed by atoms with Gasteiger partial charge in [0, 0.05) is 37.8 Å². The van der Waals surface area contributed by atoms with Crippen LogP contribution in [0.1, 0.15) is 31.2 Å². The average Bonchev–Trinajstić information content (AvgIpc) is 3.16. The van der Waals surface area contributed by atoms with Crippen LogP contribution in [0.5, 0.6) is 0 Å². The number of aromatic nitrogens is 2. The lowest BCUT2D eigenvalue weighted by Gasteiger charge is -2.47. The molecule has 1 N–H and O–H groups in total. The summed E-state index contributed by atoms with van der Waals surface area (Å²) < 4.78 is 15.1. The Kier molecular flexibility index (Phi) is 5.46. The summed E-state index contributed by atoms with van der Waals surface area (Å²) in [4.78, 5) is 16.3. The zero-order valence-corrected chi connectivity index (χ0v) is 16.1. The second kappa shape index (κ2) is 8.01. The first kappa shape index (κ1) is 19.1. The Morgan fingerprint density at radius 3 is 2.79 bits per heavy atom. The van der Waals surface area contributed by atoms with Gasteiger partial charge < -0.3 is 10.0 Å². The van der Waals surface area contributed by atoms with E-state index in [4.69, 9.17) is 0 Å². The van der Waals surface area contributed by atoms with E-state index in [1.807, 2.05) is 23.4 Å². The second-order valence-corrected chi connectivity index (χ2v) is 8.09. The highest BCUT2D eigenvalue weighted by atomic mass is 19.1. The number of hydrogen-bond donors (Lipinski definition) is 1. The zero-order valence-electron chi connectivity index (χ0n) is 16.1. The normalized spacial score (nSPS) is 20.1. The van der Waals surface area contributed by atoms with Gasteiger partial charge in [0.1, 0.15) is 5.82 Å². The fourth-order valence-corrected chi connectivity index (χ4v) is 4.48. The fraction of sp³-hybridized carbons (Fsp3) is 0.524. The lowest BCUT2D eigenvalue weighted by atomic mass is 9.72. The van der Waals surface area contributed by atoms with Crippen LogP contribution in [0.15, 0.2) is 36.7 Å². The number of benzene rings is 1. The fourth-order valence-electron chi connectivity index (χ4n) is 4.48. The standard InChI is InChI=1S/C21H27FN4O2/c22-18-2-1-3-19(12-18)26-15-17(13-23-26)14-24-8-6-21(7-9-24)5-4-20(28)25(16-21)10-11-27/h1-3,12-13,15,27H,4-11,14,16H2. The largest absolute Gasteiger partial charge is 0.395 e. The van der Waals surface area contributed by atoms with Crippen molar-refractivity contribution in [2.24, 2.45) is 5.41 Å². The van der Waals surface area contributed by atoms with Crippen LogP contribution in [-0.4, -0.2) is 63.4 Å². The maximum absolute atomic E-state index is 13.4. The molecular weight excluding hydrogens is 359 g/mol. The minimum Gasteiger partial charge on any atom is -0.395 e. The van der Waals surface area contributed by atoms with Crippen LogP contribution in [0.25, 0.3) is 5.69 Å². The molecule has 0 unspecified atom stereocenters. The number of hydrogen-bond acceptors (Lipinski definition) is 4. The number of nitrogens with zero attached hydrogens (tertiary/aromatic N) is 4. The maximum Gasteiger partial charge on any atom is 0.222 e. The summed E-state index contributed by atoms with van der Waals surface area (Å²) in [5.74, 6) is -0.0936. The van der Waals surface area contributed by atoms with Crippen molar-refractivity contribution in [3.05, 3.63) is 48.0 Å². The number of β-amino-alcohol motifs (C(OH)–C–C–N with tert-alkyl or cyclic N) is 1. The summed E-state index contributed by atoms with van der Waals surface area (Å²) in [6, 6.07) is 6.43. The monoisotopic (exact) mass is 386 g/mol. The third-order valence-corrected chi connectivity index (χ3v) is 6.15. The zero-order chi connectivity index (χ0) is 19.6. The van der Waals surface area contributed by atoms with Crippen molar-refractivity contribution >= 4 is 5.91 Å². The lowest BCUT2D eigenvalue weighted by Crippen LogP contribution is -2.51. The van der Waals surface area contributed by atoms with E-state index < -0.39 is 0 Å². The van der Waals surface area contributed by atoms with Gasteiger partial charge in [0.25, 0.3) is 0 Å². The van der Waals surface area contributed by atoms with Gasteiger partial charge in [-0.3, -0.25) is 9.69 Å². The van der Waals surface area contributed by atoms with Crippen molar-refractivity contribution in [2.75, 3.05) is 32.8 Å². The molecule has 2 aromatic rings. The smallest absolute Gasteiger partial charge is 0.222 e. The van der Waals surface area contributed by atoms with E-state index in [9.17, 15) is 14.3 Å². The highest BCUT2D eigenvalue weighted by Crippen LogP contribution is 2.40. The number of amides is 1. The minimum atomic E-state index is -0.267. The van der Waals surface area contributed by atoms with Gasteiger partial charge in [-0.1, -0.05) is 6.07 Å². The molecule has 4 rings (SSSR count). The van der Waals surface area contributed by atoms with E-state index in [1.54, 1.807) is 10.7 Å². The second-order valence-electron chi connectivity index (χ2n) is 8.09. The molecule has 3 heterocycles. The molecule has 150 valence electrons. The van der Waals surface area contributed by atoms with Gasteiger partial charge in [0.05, 0.1) is 18.5 Å². The summed E-state index contributed by atoms with van der Waals surface area (Å²) >= 11 is 0. The van der Waals surface area contributed by atoms with Crippen LogP contribution < -0.4 is 0 Å². The molecule has 6 nitrogen and oxygen atoms in total. The molecule has 2 fully saturated rings. The number of rotatable bonds is 5. The van der Waals surface area contributed by atoms with E-state index in [0.29, 0.717) is 13.0 Å². The Balaban J connectivity index is 1.34. The van der Waals surface area contributed by atoms with Gasteiger partial charge in [-0.05, 0) is 56.0 Å². The molecule has 0 saturated carbocycles. The van der Waals surface area contributed by atoms with Gasteiger partial charge in [-0.2, -0.15) is 5.10 Å². The topological polar surface area (TPSA) is 61.6 Å². The average molecular weight is 386 g/mol. The molecule has 1 amide bonds. The summed E-state index contributed by atoms with van der Waals surface area (Å²) in [5.41, 5.74) is 2.03. The number of likely N-dealkylation sites (tertiary alicyclic amines) is 2. The summed E-state index contributed by atoms with van der Waals surface area (Å²) in [7, 11) is 0. The molecule has 2 aliphatic heterocycles. The molecule has 7 heteroatoms. The van der Waals surface area contributed by atoms with Gasteiger partial charge in [-0.25, -0.2) is 9.07 Å². The first-order valence-corrected chi connectivity index (χ1v) is 9.97. The van der Waals surface area contributed by atoms with Crippen LogP contribution in [-0.2, 0) is 11.3 Å². The summed E-state index contributed by atoms with van der Waals surface area (Å²) in [6.07, 6.45) is 7.50. The first-order valence-electron chi connectivity index (χ1n) is 9.97. The van der Waals surface area contributed by atoms with E-state index in [-0.39, 0.29) is 23.7 Å². The molecule has 0 aliphatic carbocycles. The minimum absolute atomic E-state index is 0.0310. The number of carbonyl (C=O) groups is 1. The molecule has 1 aromatic heterocycles. The number of piperidine rings is 2. The van der Waals surface area contributed by atoms with Gasteiger partial charge >= 0.3 is 0 Å². The lowest BCUT2D eigenvalue weighted by molar-refractivity contribution is -0.139. The molecule has 0 bridgehead atoms. The molecule has 2 aliphatic rings. The predicted molar refractivity (Wildman–Crippen MR) is 103 cm³/mol. The molecule has 0 radical (unpaired) electrons. The van der Waals surface area contributed by atoms with E-state index in [0.717, 1.165) is 56.7 Å². The van der Waals surface area contributed by atoms with Crippen molar-refractivity contribution in [1.82, 2.24) is 19.6 Å². The van der Waals surface area contributed by atoms with E-state index in [1.165, 1.54) is 12.1 Å². The quantitative estimate of drug-likeness (QED) is 0.856. The first-order chi connectivity index (χ1) is 13.6. The Morgan fingerprint density at radius 1 is 1.21 bits per heavy atom. The van der Waals surface area contributed by atoms with E-state index in [2.05, 4.69) is 10.00 Å². The van der Waals surface area contributed by atoms with Crippen LogP contribution in [0, 0.1) is 11.2 Å². The summed E-state index contributed by atoms with van der Waals surface area (Å²) in [5, 5.41) is 13.6. The van der Waals surface area contributed by atoms with Crippen LogP contribution >= 0.6 is 0 Å². The number of halogens is 1. The molecule has 0 atom stereocenters. The van der Waals surface area contributed by atoms with Crippen LogP contribution in [0.2, 0.25) is 0 Å². The number of aliphatic hydroxyl groups is 1. The third-order valence-electron chi connectivity index (χ3n) is 6.15. The number of carbonyl (C=O) groups excluding carboxylic acids is 1. The van der Waals surface area contributed by atoms with Crippen molar-refractivity contribution in [3.63, 3.8) is 0 Å². The Bertz CT molecular complexity index is 829.